The Hall–Kier alpha value is -3.00. The maximum absolute atomic E-state index is 12.2. The molecule has 0 saturated carbocycles. The standard InChI is InChI=1S/C18H15NO6S/c1-12-6-8-13(9-7-12)26(23,24)11-10-16(20)25-19-17(21)14-4-2-3-5-15(14)18(19)22/h2-9H,10-11H2,1H3. The Kier molecular flexibility index (Phi) is 4.60. The quantitative estimate of drug-likeness (QED) is 0.743. The van der Waals surface area contributed by atoms with E-state index in [0.29, 0.717) is 5.06 Å². The van der Waals surface area contributed by atoms with Crippen LogP contribution >= 0.6 is 0 Å². The summed E-state index contributed by atoms with van der Waals surface area (Å²) in [4.78, 5) is 41.0. The lowest BCUT2D eigenvalue weighted by Crippen LogP contribution is -2.33. The Morgan fingerprint density at radius 1 is 0.962 bits per heavy atom. The summed E-state index contributed by atoms with van der Waals surface area (Å²) in [6, 6.07) is 12.3. The Morgan fingerprint density at radius 3 is 2.04 bits per heavy atom. The Labute approximate surface area is 150 Å². The molecule has 26 heavy (non-hydrogen) atoms. The van der Waals surface area contributed by atoms with Gasteiger partial charge in [-0.3, -0.25) is 9.59 Å². The molecule has 2 aromatic carbocycles. The predicted octanol–water partition coefficient (Wildman–Crippen LogP) is 1.91. The summed E-state index contributed by atoms with van der Waals surface area (Å²) in [6.45, 7) is 1.83. The van der Waals surface area contributed by atoms with Crippen LogP contribution in [0.1, 0.15) is 32.7 Å². The molecule has 1 heterocycles. The van der Waals surface area contributed by atoms with Gasteiger partial charge in [-0.25, -0.2) is 13.2 Å². The van der Waals surface area contributed by atoms with E-state index in [1.165, 1.54) is 24.3 Å². The molecule has 0 saturated heterocycles. The molecule has 8 heteroatoms. The molecule has 2 aromatic rings. The van der Waals surface area contributed by atoms with Gasteiger partial charge in [0, 0.05) is 0 Å². The number of hydroxylamine groups is 2. The molecule has 3 rings (SSSR count). The van der Waals surface area contributed by atoms with Crippen LogP contribution in [0.5, 0.6) is 0 Å². The first-order chi connectivity index (χ1) is 12.3. The average molecular weight is 373 g/mol. The number of sulfone groups is 1. The molecule has 0 aromatic heterocycles. The van der Waals surface area contributed by atoms with E-state index < -0.39 is 39.8 Å². The molecule has 0 fully saturated rings. The first-order valence-electron chi connectivity index (χ1n) is 7.77. The average Bonchev–Trinajstić information content (AvgIpc) is 2.86. The van der Waals surface area contributed by atoms with E-state index >= 15 is 0 Å². The van der Waals surface area contributed by atoms with Crippen molar-refractivity contribution >= 4 is 27.6 Å². The van der Waals surface area contributed by atoms with Gasteiger partial charge in [0.05, 0.1) is 28.2 Å². The molecule has 0 bridgehead atoms. The summed E-state index contributed by atoms with van der Waals surface area (Å²) in [5.41, 5.74) is 1.18. The monoisotopic (exact) mass is 373 g/mol. The van der Waals surface area contributed by atoms with E-state index in [9.17, 15) is 22.8 Å². The van der Waals surface area contributed by atoms with E-state index in [4.69, 9.17) is 4.84 Å². The molecule has 134 valence electrons. The van der Waals surface area contributed by atoms with Gasteiger partial charge in [0.1, 0.15) is 0 Å². The van der Waals surface area contributed by atoms with Crippen LogP contribution in [0.2, 0.25) is 0 Å². The van der Waals surface area contributed by atoms with E-state index in [2.05, 4.69) is 0 Å². The van der Waals surface area contributed by atoms with Gasteiger partial charge in [-0.1, -0.05) is 34.9 Å². The summed E-state index contributed by atoms with van der Waals surface area (Å²) >= 11 is 0. The number of hydrogen-bond donors (Lipinski definition) is 0. The normalized spacial score (nSPS) is 13.7. The highest BCUT2D eigenvalue weighted by atomic mass is 32.2. The fourth-order valence-electron chi connectivity index (χ4n) is 2.48. The highest BCUT2D eigenvalue weighted by molar-refractivity contribution is 7.91. The van der Waals surface area contributed by atoms with Gasteiger partial charge in [-0.05, 0) is 31.2 Å². The first kappa shape index (κ1) is 17.8. The highest BCUT2D eigenvalue weighted by Gasteiger charge is 2.38. The summed E-state index contributed by atoms with van der Waals surface area (Å²) < 4.78 is 24.5. The van der Waals surface area contributed by atoms with Crippen LogP contribution in [0.3, 0.4) is 0 Å². The third-order valence-corrected chi connectivity index (χ3v) is 5.64. The second-order valence-electron chi connectivity index (χ2n) is 5.80. The van der Waals surface area contributed by atoms with Crippen molar-refractivity contribution < 1.29 is 27.6 Å². The number of carbonyl (C=O) groups excluding carboxylic acids is 3. The summed E-state index contributed by atoms with van der Waals surface area (Å²) in [6.07, 6.45) is -0.483. The number of hydrogen-bond acceptors (Lipinski definition) is 6. The van der Waals surface area contributed by atoms with Gasteiger partial charge in [0.2, 0.25) is 0 Å². The summed E-state index contributed by atoms with van der Waals surface area (Å²) in [7, 11) is -3.68. The number of carbonyl (C=O) groups is 3. The van der Waals surface area contributed by atoms with Crippen molar-refractivity contribution in [3.05, 3.63) is 65.2 Å². The van der Waals surface area contributed by atoms with Gasteiger partial charge in [-0.2, -0.15) is 0 Å². The van der Waals surface area contributed by atoms with Crippen LogP contribution in [-0.2, 0) is 19.5 Å². The molecule has 1 aliphatic heterocycles. The molecule has 0 N–H and O–H groups in total. The largest absolute Gasteiger partial charge is 0.334 e. The van der Waals surface area contributed by atoms with Crippen molar-refractivity contribution in [2.24, 2.45) is 0 Å². The Balaban J connectivity index is 1.64. The zero-order valence-electron chi connectivity index (χ0n) is 13.8. The minimum absolute atomic E-state index is 0.0941. The molecule has 7 nitrogen and oxygen atoms in total. The first-order valence-corrected chi connectivity index (χ1v) is 9.43. The van der Waals surface area contributed by atoms with Crippen LogP contribution in [0.15, 0.2) is 53.4 Å². The van der Waals surface area contributed by atoms with E-state index in [1.54, 1.807) is 24.3 Å². The van der Waals surface area contributed by atoms with Gasteiger partial charge in [-0.15, -0.1) is 0 Å². The lowest BCUT2D eigenvalue weighted by molar-refractivity contribution is -0.168. The fourth-order valence-corrected chi connectivity index (χ4v) is 3.70. The van der Waals surface area contributed by atoms with Gasteiger partial charge < -0.3 is 4.84 Å². The van der Waals surface area contributed by atoms with Crippen LogP contribution < -0.4 is 0 Å². The molecular weight excluding hydrogens is 358 g/mol. The maximum atomic E-state index is 12.2. The SMILES string of the molecule is Cc1ccc(S(=O)(=O)CCC(=O)ON2C(=O)c3ccccc3C2=O)cc1. The number of aryl methyl sites for hydroxylation is 1. The number of amides is 2. The van der Waals surface area contributed by atoms with Crippen LogP contribution in [0.4, 0.5) is 0 Å². The predicted molar refractivity (Wildman–Crippen MR) is 90.9 cm³/mol. The van der Waals surface area contributed by atoms with E-state index in [1.807, 2.05) is 6.92 Å². The summed E-state index contributed by atoms with van der Waals surface area (Å²) in [5.74, 6) is -2.96. The van der Waals surface area contributed by atoms with Crippen LogP contribution in [-0.4, -0.2) is 37.0 Å². The van der Waals surface area contributed by atoms with Crippen molar-refractivity contribution in [2.75, 3.05) is 5.75 Å². The molecular formula is C18H15NO6S. The van der Waals surface area contributed by atoms with E-state index in [0.717, 1.165) is 5.56 Å². The van der Waals surface area contributed by atoms with Crippen LogP contribution in [0, 0.1) is 6.92 Å². The fraction of sp³-hybridized carbons (Fsp3) is 0.167. The lowest BCUT2D eigenvalue weighted by atomic mass is 10.1. The minimum atomic E-state index is -3.68. The molecule has 0 aliphatic carbocycles. The number of benzene rings is 2. The zero-order valence-corrected chi connectivity index (χ0v) is 14.7. The second kappa shape index (κ2) is 6.72. The maximum Gasteiger partial charge on any atom is 0.334 e. The molecule has 0 radical (unpaired) electrons. The van der Waals surface area contributed by atoms with Gasteiger partial charge in [0.15, 0.2) is 9.84 Å². The third kappa shape index (κ3) is 3.36. The second-order valence-corrected chi connectivity index (χ2v) is 7.90. The van der Waals surface area contributed by atoms with Crippen molar-refractivity contribution in [1.82, 2.24) is 5.06 Å². The minimum Gasteiger partial charge on any atom is -0.330 e. The third-order valence-electron chi connectivity index (χ3n) is 3.90. The van der Waals surface area contributed by atoms with Crippen molar-refractivity contribution in [3.63, 3.8) is 0 Å². The number of rotatable bonds is 5. The van der Waals surface area contributed by atoms with Crippen molar-refractivity contribution in [3.8, 4) is 0 Å². The number of nitrogens with zero attached hydrogens (tertiary/aromatic N) is 1. The van der Waals surface area contributed by atoms with E-state index in [-0.39, 0.29) is 16.0 Å². The Morgan fingerprint density at radius 2 is 1.50 bits per heavy atom. The number of fused-ring (bicyclic) bond motifs is 1. The van der Waals surface area contributed by atoms with Gasteiger partial charge in [0.25, 0.3) is 11.8 Å². The lowest BCUT2D eigenvalue weighted by Gasteiger charge is -2.12. The van der Waals surface area contributed by atoms with Crippen molar-refractivity contribution in [2.45, 2.75) is 18.2 Å². The zero-order chi connectivity index (χ0) is 18.9. The summed E-state index contributed by atoms with van der Waals surface area (Å²) in [5, 5.41) is 0.367. The molecule has 0 unspecified atom stereocenters. The van der Waals surface area contributed by atoms with Crippen molar-refractivity contribution in [1.29, 1.82) is 0 Å². The van der Waals surface area contributed by atoms with Crippen LogP contribution in [0.25, 0.3) is 0 Å². The molecule has 0 atom stereocenters. The molecule has 0 spiro atoms. The Bertz CT molecular complexity index is 960. The topological polar surface area (TPSA) is 97.8 Å². The highest BCUT2D eigenvalue weighted by Crippen LogP contribution is 2.23. The molecule has 2 amide bonds. The van der Waals surface area contributed by atoms with Gasteiger partial charge >= 0.3 is 5.97 Å². The molecule has 1 aliphatic rings. The number of imide groups is 1. The smallest absolute Gasteiger partial charge is 0.330 e.